The average Bonchev–Trinajstić information content (AvgIpc) is 3.49. The topological polar surface area (TPSA) is 8.17 Å². The molecule has 3 heteroatoms. The Morgan fingerprint density at radius 2 is 1.19 bits per heavy atom. The summed E-state index contributed by atoms with van der Waals surface area (Å²) in [5.41, 5.74) is 12.7. The summed E-state index contributed by atoms with van der Waals surface area (Å²) in [4.78, 5) is 5.07. The summed E-state index contributed by atoms with van der Waals surface area (Å²) in [6, 6.07) is 49.0. The third-order valence-electron chi connectivity index (χ3n) is 9.16. The van der Waals surface area contributed by atoms with E-state index in [1.54, 1.807) is 0 Å². The van der Waals surface area contributed by atoms with E-state index in [9.17, 15) is 0 Å². The van der Waals surface area contributed by atoms with Gasteiger partial charge >= 0.3 is 0 Å². The van der Waals surface area contributed by atoms with Crippen LogP contribution in [0.1, 0.15) is 25.0 Å². The monoisotopic (exact) mass is 556 g/mol. The van der Waals surface area contributed by atoms with Crippen molar-refractivity contribution in [3.8, 4) is 16.8 Å². The van der Waals surface area contributed by atoms with Crippen LogP contribution in [0, 0.1) is 0 Å². The van der Waals surface area contributed by atoms with E-state index in [-0.39, 0.29) is 5.41 Å². The van der Waals surface area contributed by atoms with Crippen LogP contribution in [-0.4, -0.2) is 4.57 Å². The molecule has 0 bridgehead atoms. The molecule has 6 aromatic carbocycles. The third-order valence-corrected chi connectivity index (χ3v) is 10.3. The van der Waals surface area contributed by atoms with E-state index in [4.69, 9.17) is 0 Å². The quantitative estimate of drug-likeness (QED) is 0.209. The summed E-state index contributed by atoms with van der Waals surface area (Å²) >= 11 is 1.88. The van der Waals surface area contributed by atoms with E-state index < -0.39 is 0 Å². The fraction of sp³-hybridized carbons (Fsp3) is 0.0769. The van der Waals surface area contributed by atoms with Gasteiger partial charge in [-0.05, 0) is 65.2 Å². The highest BCUT2D eigenvalue weighted by atomic mass is 32.2. The fourth-order valence-electron chi connectivity index (χ4n) is 7.25. The zero-order valence-corrected chi connectivity index (χ0v) is 24.3. The van der Waals surface area contributed by atoms with Crippen molar-refractivity contribution in [2.75, 3.05) is 4.90 Å². The molecule has 0 saturated carbocycles. The molecule has 2 nitrogen and oxygen atoms in total. The maximum atomic E-state index is 2.51. The Morgan fingerprint density at radius 1 is 0.548 bits per heavy atom. The van der Waals surface area contributed by atoms with Crippen LogP contribution in [0.4, 0.5) is 17.1 Å². The highest BCUT2D eigenvalue weighted by molar-refractivity contribution is 7.99. The van der Waals surface area contributed by atoms with E-state index in [1.165, 1.54) is 76.6 Å². The first-order valence-electron chi connectivity index (χ1n) is 14.5. The minimum absolute atomic E-state index is 0.0565. The molecule has 0 saturated heterocycles. The lowest BCUT2D eigenvalue weighted by Gasteiger charge is -2.35. The fourth-order valence-corrected chi connectivity index (χ4v) is 8.31. The minimum atomic E-state index is -0.0565. The standard InChI is InChI=1S/C39H28N2S/c1-39(2)30-17-9-6-16-29(30)37-31(39)21-23-36-38(37)41(25-12-4-3-5-13-25)34-24-26(20-22-35(34)42-36)40-32-18-10-7-14-27(32)28-15-8-11-19-33(28)40/h3-24H,1-2H3. The number of hydrogen-bond donors (Lipinski definition) is 0. The highest BCUT2D eigenvalue weighted by Crippen LogP contribution is 2.60. The summed E-state index contributed by atoms with van der Waals surface area (Å²) in [7, 11) is 0. The van der Waals surface area contributed by atoms with Gasteiger partial charge in [-0.15, -0.1) is 0 Å². The predicted molar refractivity (Wildman–Crippen MR) is 177 cm³/mol. The van der Waals surface area contributed by atoms with Crippen LogP contribution in [-0.2, 0) is 5.41 Å². The van der Waals surface area contributed by atoms with E-state index >= 15 is 0 Å². The second kappa shape index (κ2) is 8.64. The molecule has 200 valence electrons. The molecule has 0 amide bonds. The number of rotatable bonds is 2. The number of nitrogens with zero attached hydrogens (tertiary/aromatic N) is 2. The van der Waals surface area contributed by atoms with Crippen molar-refractivity contribution in [3.63, 3.8) is 0 Å². The molecule has 0 atom stereocenters. The van der Waals surface area contributed by atoms with Gasteiger partial charge in [-0.2, -0.15) is 0 Å². The molecule has 0 spiro atoms. The molecular formula is C39H28N2S. The van der Waals surface area contributed by atoms with Gasteiger partial charge in [0.25, 0.3) is 0 Å². The van der Waals surface area contributed by atoms with E-state index in [1.807, 2.05) is 11.8 Å². The molecule has 1 aliphatic carbocycles. The Hall–Kier alpha value is -4.73. The number of anilines is 3. The maximum Gasteiger partial charge on any atom is 0.0683 e. The maximum absolute atomic E-state index is 2.51. The number of aromatic nitrogens is 1. The van der Waals surface area contributed by atoms with Crippen molar-refractivity contribution in [1.82, 2.24) is 4.57 Å². The normalized spacial score (nSPS) is 14.5. The molecule has 0 radical (unpaired) electrons. The first-order chi connectivity index (χ1) is 20.6. The molecule has 9 rings (SSSR count). The van der Waals surface area contributed by atoms with Crippen LogP contribution in [0.3, 0.4) is 0 Å². The summed E-state index contributed by atoms with van der Waals surface area (Å²) in [6.07, 6.45) is 0. The largest absolute Gasteiger partial charge is 0.309 e. The van der Waals surface area contributed by atoms with Gasteiger partial charge in [0.15, 0.2) is 0 Å². The second-order valence-electron chi connectivity index (χ2n) is 11.8. The lowest BCUT2D eigenvalue weighted by atomic mass is 9.82. The van der Waals surface area contributed by atoms with Crippen molar-refractivity contribution in [2.24, 2.45) is 0 Å². The van der Waals surface area contributed by atoms with Gasteiger partial charge in [0.05, 0.1) is 22.4 Å². The van der Waals surface area contributed by atoms with Gasteiger partial charge in [-0.25, -0.2) is 0 Å². The average molecular weight is 557 g/mol. The van der Waals surface area contributed by atoms with Gasteiger partial charge in [-0.3, -0.25) is 0 Å². The Morgan fingerprint density at radius 3 is 1.95 bits per heavy atom. The van der Waals surface area contributed by atoms with Gasteiger partial charge < -0.3 is 9.47 Å². The van der Waals surface area contributed by atoms with Crippen molar-refractivity contribution in [3.05, 3.63) is 145 Å². The van der Waals surface area contributed by atoms with E-state index in [0.717, 1.165) is 0 Å². The van der Waals surface area contributed by atoms with Crippen LogP contribution in [0.2, 0.25) is 0 Å². The lowest BCUT2D eigenvalue weighted by molar-refractivity contribution is 0.660. The molecule has 0 unspecified atom stereocenters. The number of benzene rings is 6. The van der Waals surface area contributed by atoms with Gasteiger partial charge in [-0.1, -0.05) is 111 Å². The van der Waals surface area contributed by atoms with Crippen LogP contribution < -0.4 is 4.90 Å². The first kappa shape index (κ1) is 23.9. The van der Waals surface area contributed by atoms with Crippen molar-refractivity contribution < 1.29 is 0 Å². The third kappa shape index (κ3) is 3.17. The summed E-state index contributed by atoms with van der Waals surface area (Å²) in [6.45, 7) is 4.72. The Bertz CT molecular complexity index is 2150. The van der Waals surface area contributed by atoms with Crippen LogP contribution in [0.15, 0.2) is 143 Å². The highest BCUT2D eigenvalue weighted by Gasteiger charge is 2.40. The minimum Gasteiger partial charge on any atom is -0.309 e. The molecule has 42 heavy (non-hydrogen) atoms. The molecule has 0 fully saturated rings. The summed E-state index contributed by atoms with van der Waals surface area (Å²) < 4.78 is 2.42. The number of para-hydroxylation sites is 3. The van der Waals surface area contributed by atoms with Gasteiger partial charge in [0, 0.05) is 42.9 Å². The zero-order chi connectivity index (χ0) is 28.0. The molecule has 7 aromatic rings. The van der Waals surface area contributed by atoms with Crippen LogP contribution in [0.5, 0.6) is 0 Å². The van der Waals surface area contributed by atoms with Crippen LogP contribution >= 0.6 is 11.8 Å². The lowest BCUT2D eigenvalue weighted by Crippen LogP contribution is -2.18. The Labute approximate surface area is 249 Å². The molecule has 2 aliphatic rings. The van der Waals surface area contributed by atoms with Crippen molar-refractivity contribution in [2.45, 2.75) is 29.1 Å². The SMILES string of the molecule is CC1(C)c2ccccc2-c2c1ccc1c2N(c2ccccc2)c2cc(-n3c4ccccc4c4ccccc43)ccc2S1. The number of hydrogen-bond acceptors (Lipinski definition) is 2. The number of fused-ring (bicyclic) bond motifs is 9. The predicted octanol–water partition coefficient (Wildman–Crippen LogP) is 11.0. The Kier molecular flexibility index (Phi) is 4.92. The molecule has 1 aliphatic heterocycles. The molecule has 1 aromatic heterocycles. The van der Waals surface area contributed by atoms with Crippen molar-refractivity contribution in [1.29, 1.82) is 0 Å². The molecule has 0 N–H and O–H groups in total. The van der Waals surface area contributed by atoms with Gasteiger partial charge in [0.1, 0.15) is 0 Å². The first-order valence-corrected chi connectivity index (χ1v) is 15.4. The smallest absolute Gasteiger partial charge is 0.0683 e. The summed E-state index contributed by atoms with van der Waals surface area (Å²) in [5, 5.41) is 2.56. The van der Waals surface area contributed by atoms with Gasteiger partial charge in [0.2, 0.25) is 0 Å². The molecule has 2 heterocycles. The summed E-state index contributed by atoms with van der Waals surface area (Å²) in [5.74, 6) is 0. The van der Waals surface area contributed by atoms with E-state index in [0.29, 0.717) is 0 Å². The van der Waals surface area contributed by atoms with E-state index in [2.05, 4.69) is 157 Å². The van der Waals surface area contributed by atoms with Crippen LogP contribution in [0.25, 0.3) is 38.6 Å². The Balaban J connectivity index is 1.34. The molecular weight excluding hydrogens is 529 g/mol. The second-order valence-corrected chi connectivity index (χ2v) is 12.9. The zero-order valence-electron chi connectivity index (χ0n) is 23.5. The van der Waals surface area contributed by atoms with Crippen molar-refractivity contribution >= 4 is 50.6 Å².